The van der Waals surface area contributed by atoms with Crippen molar-refractivity contribution in [1.29, 1.82) is 0 Å². The van der Waals surface area contributed by atoms with Gasteiger partial charge in [0.1, 0.15) is 29.2 Å². The summed E-state index contributed by atoms with van der Waals surface area (Å²) in [4.78, 5) is 21.3. The van der Waals surface area contributed by atoms with Crippen LogP contribution >= 0.6 is 0 Å². The van der Waals surface area contributed by atoms with E-state index < -0.39 is 14.0 Å². The Labute approximate surface area is 275 Å². The molecule has 0 amide bonds. The molecule has 47 heavy (non-hydrogen) atoms. The number of carboxylic acids is 1. The third kappa shape index (κ3) is 6.46. The van der Waals surface area contributed by atoms with Gasteiger partial charge in [0.25, 0.3) is 0 Å². The molecule has 11 heteroatoms. The number of aryl methyl sites for hydroxylation is 3. The molecule has 0 unspecified atom stereocenters. The second kappa shape index (κ2) is 12.0. The number of hydrogen-bond acceptors (Lipinski definition) is 6. The zero-order valence-corrected chi connectivity index (χ0v) is 29.1. The van der Waals surface area contributed by atoms with Crippen LogP contribution in [-0.2, 0) is 25.6 Å². The number of nitrogens with zero attached hydrogens (tertiary/aromatic N) is 7. The monoisotopic (exact) mass is 649 g/mol. The second-order valence-corrected chi connectivity index (χ2v) is 20.0. The summed E-state index contributed by atoms with van der Waals surface area (Å²) in [5.74, 6) is 0.429. The maximum atomic E-state index is 11.9. The SMILES string of the molecule is Cc1nn(C)c2ccc(C3CC3)cc12.Cn1nc(-c2cnc3c(n2)c(C(=O)O)cn3COCC[Si](C)(C)C)c2cc(C3CC3)ccc21. The van der Waals surface area contributed by atoms with Crippen molar-refractivity contribution in [3.05, 3.63) is 71.2 Å². The fourth-order valence-corrected chi connectivity index (χ4v) is 6.99. The maximum Gasteiger partial charge on any atom is 0.339 e. The van der Waals surface area contributed by atoms with E-state index in [1.54, 1.807) is 17.0 Å². The first-order valence-electron chi connectivity index (χ1n) is 16.5. The predicted molar refractivity (Wildman–Crippen MR) is 188 cm³/mol. The van der Waals surface area contributed by atoms with Crippen LogP contribution in [0.15, 0.2) is 48.8 Å². The largest absolute Gasteiger partial charge is 0.478 e. The molecule has 2 aliphatic carbocycles. The summed E-state index contributed by atoms with van der Waals surface area (Å²) in [6.45, 7) is 9.87. The first-order valence-corrected chi connectivity index (χ1v) is 20.2. The summed E-state index contributed by atoms with van der Waals surface area (Å²) in [6, 6.07) is 14.3. The Balaban J connectivity index is 0.000000207. The fourth-order valence-electron chi connectivity index (χ4n) is 6.23. The number of benzene rings is 2. The Kier molecular flexibility index (Phi) is 8.00. The van der Waals surface area contributed by atoms with E-state index in [2.05, 4.69) is 73.0 Å². The molecule has 0 bridgehead atoms. The topological polar surface area (TPSA) is 113 Å². The molecule has 2 aromatic carbocycles. The van der Waals surface area contributed by atoms with Crippen LogP contribution in [0.25, 0.3) is 44.4 Å². The zero-order chi connectivity index (χ0) is 33.0. The third-order valence-electron chi connectivity index (χ3n) is 9.30. The number of hydrogen-bond donors (Lipinski definition) is 1. The van der Waals surface area contributed by atoms with Gasteiger partial charge in [0.15, 0.2) is 5.65 Å². The average molecular weight is 650 g/mol. The van der Waals surface area contributed by atoms with E-state index in [0.29, 0.717) is 29.4 Å². The molecule has 4 aromatic heterocycles. The van der Waals surface area contributed by atoms with Crippen molar-refractivity contribution in [1.82, 2.24) is 34.1 Å². The van der Waals surface area contributed by atoms with Crippen molar-refractivity contribution in [2.45, 2.75) is 76.9 Å². The molecule has 6 aromatic rings. The van der Waals surface area contributed by atoms with E-state index >= 15 is 0 Å². The van der Waals surface area contributed by atoms with E-state index in [-0.39, 0.29) is 12.3 Å². The van der Waals surface area contributed by atoms with Crippen molar-refractivity contribution in [3.8, 4) is 11.4 Å². The van der Waals surface area contributed by atoms with Gasteiger partial charge in [0.2, 0.25) is 0 Å². The number of fused-ring (bicyclic) bond motifs is 3. The van der Waals surface area contributed by atoms with Crippen LogP contribution in [0.2, 0.25) is 25.7 Å². The molecule has 0 spiro atoms. The summed E-state index contributed by atoms with van der Waals surface area (Å²) in [5, 5.41) is 21.2. The number of aromatic nitrogens is 7. The maximum absolute atomic E-state index is 11.9. The lowest BCUT2D eigenvalue weighted by molar-refractivity contribution is 0.0696. The molecule has 2 aliphatic rings. The highest BCUT2D eigenvalue weighted by molar-refractivity contribution is 6.76. The van der Waals surface area contributed by atoms with Crippen LogP contribution in [0.1, 0.15) is 64.7 Å². The van der Waals surface area contributed by atoms with E-state index in [9.17, 15) is 9.90 Å². The minimum absolute atomic E-state index is 0.118. The first-order chi connectivity index (χ1) is 22.5. The normalized spacial score (nSPS) is 15.0. The zero-order valence-electron chi connectivity index (χ0n) is 28.1. The van der Waals surface area contributed by atoms with E-state index in [1.807, 2.05) is 23.5 Å². The summed E-state index contributed by atoms with van der Waals surface area (Å²) in [6.07, 6.45) is 8.42. The highest BCUT2D eigenvalue weighted by Crippen LogP contribution is 2.42. The van der Waals surface area contributed by atoms with Gasteiger partial charge < -0.3 is 14.4 Å². The van der Waals surface area contributed by atoms with Crippen LogP contribution in [0.3, 0.4) is 0 Å². The third-order valence-corrected chi connectivity index (χ3v) is 11.0. The van der Waals surface area contributed by atoms with Crippen molar-refractivity contribution in [3.63, 3.8) is 0 Å². The minimum atomic E-state index is -1.20. The number of carbonyl (C=O) groups is 1. The van der Waals surface area contributed by atoms with Crippen LogP contribution in [-0.4, -0.2) is 59.9 Å². The second-order valence-electron chi connectivity index (χ2n) is 14.4. The predicted octanol–water partition coefficient (Wildman–Crippen LogP) is 7.63. The molecule has 2 saturated carbocycles. The van der Waals surface area contributed by atoms with Gasteiger partial charge in [0.05, 0.1) is 22.9 Å². The minimum Gasteiger partial charge on any atom is -0.478 e. The van der Waals surface area contributed by atoms with E-state index in [1.165, 1.54) is 47.7 Å². The van der Waals surface area contributed by atoms with E-state index in [0.717, 1.165) is 34.3 Å². The molecule has 244 valence electrons. The standard InChI is InChI=1S/C24H29N5O3Si.C12H14N2/c1-28-20-8-7-16(15-5-6-15)11-17(20)21(27-28)19-12-25-23-22(26-19)18(24(30)31)13-29(23)14-32-9-10-33(2,3)4;1-8-11-7-10(9-3-4-9)5-6-12(11)14(2)13-8/h7-8,11-13,15H,5-6,9-10,14H2,1-4H3,(H,30,31);5-7,9H,3-4H2,1-2H3. The van der Waals surface area contributed by atoms with Gasteiger partial charge in [-0.2, -0.15) is 10.2 Å². The summed E-state index contributed by atoms with van der Waals surface area (Å²) in [5.41, 5.74) is 8.48. The van der Waals surface area contributed by atoms with Gasteiger partial charge in [-0.15, -0.1) is 0 Å². The number of ether oxygens (including phenoxy) is 1. The smallest absolute Gasteiger partial charge is 0.339 e. The van der Waals surface area contributed by atoms with Crippen molar-refractivity contribution >= 4 is 47.0 Å². The van der Waals surface area contributed by atoms with Crippen molar-refractivity contribution in [2.75, 3.05) is 6.61 Å². The Bertz CT molecular complexity index is 2130. The Hall–Kier alpha value is -4.35. The quantitative estimate of drug-likeness (QED) is 0.127. The molecule has 1 N–H and O–H groups in total. The molecule has 4 heterocycles. The Morgan fingerprint density at radius 1 is 0.936 bits per heavy atom. The molecule has 0 radical (unpaired) electrons. The van der Waals surface area contributed by atoms with Gasteiger partial charge >= 0.3 is 5.97 Å². The molecule has 0 atom stereocenters. The van der Waals surface area contributed by atoms with E-state index in [4.69, 9.17) is 14.8 Å². The average Bonchev–Trinajstić information content (AvgIpc) is 3.97. The molecule has 8 rings (SSSR count). The van der Waals surface area contributed by atoms with Gasteiger partial charge in [-0.25, -0.2) is 14.8 Å². The lowest BCUT2D eigenvalue weighted by Gasteiger charge is -2.15. The summed E-state index contributed by atoms with van der Waals surface area (Å²) < 4.78 is 11.4. The van der Waals surface area contributed by atoms with Gasteiger partial charge in [-0.3, -0.25) is 9.36 Å². The lowest BCUT2D eigenvalue weighted by Crippen LogP contribution is -2.22. The molecular formula is C36H43N7O3Si. The van der Waals surface area contributed by atoms with Gasteiger partial charge in [-0.05, 0) is 85.9 Å². The number of aromatic carboxylic acids is 1. The molecule has 0 aliphatic heterocycles. The highest BCUT2D eigenvalue weighted by Gasteiger charge is 2.26. The van der Waals surface area contributed by atoms with Crippen LogP contribution in [0, 0.1) is 6.92 Å². The van der Waals surface area contributed by atoms with Crippen molar-refractivity contribution < 1.29 is 14.6 Å². The Morgan fingerprint density at radius 2 is 1.55 bits per heavy atom. The molecule has 10 nitrogen and oxygen atoms in total. The summed E-state index contributed by atoms with van der Waals surface area (Å²) in [7, 11) is 2.71. The fraction of sp³-hybridized carbons (Fsp3) is 0.417. The number of carboxylic acid groups (broad SMARTS) is 1. The highest BCUT2D eigenvalue weighted by atomic mass is 28.3. The number of rotatable bonds is 9. The van der Waals surface area contributed by atoms with Crippen molar-refractivity contribution in [2.24, 2.45) is 14.1 Å². The van der Waals surface area contributed by atoms with Crippen LogP contribution in [0.5, 0.6) is 0 Å². The van der Waals surface area contributed by atoms with Gasteiger partial charge in [0, 0.05) is 45.7 Å². The molecule has 0 saturated heterocycles. The van der Waals surface area contributed by atoms with Crippen LogP contribution in [0.4, 0.5) is 0 Å². The Morgan fingerprint density at radius 3 is 2.17 bits per heavy atom. The summed E-state index contributed by atoms with van der Waals surface area (Å²) >= 11 is 0. The van der Waals surface area contributed by atoms with Gasteiger partial charge in [-0.1, -0.05) is 31.8 Å². The molecular weight excluding hydrogens is 607 g/mol. The first kappa shape index (κ1) is 31.3. The lowest BCUT2D eigenvalue weighted by atomic mass is 10.1. The molecule has 2 fully saturated rings. The van der Waals surface area contributed by atoms with Crippen LogP contribution < -0.4 is 0 Å².